The van der Waals surface area contributed by atoms with Crippen LogP contribution in [0.25, 0.3) is 0 Å². The summed E-state index contributed by atoms with van der Waals surface area (Å²) in [6.45, 7) is 1.92. The maximum Gasteiger partial charge on any atom is 0.268 e. The highest BCUT2D eigenvalue weighted by Gasteiger charge is 2.20. The molecule has 1 aliphatic rings. The third-order valence-corrected chi connectivity index (χ3v) is 3.75. The third kappa shape index (κ3) is 3.10. The second-order valence-electron chi connectivity index (χ2n) is 4.24. The predicted octanol–water partition coefficient (Wildman–Crippen LogP) is 0.814. The number of aromatic nitrogens is 1. The van der Waals surface area contributed by atoms with Crippen molar-refractivity contribution in [2.75, 3.05) is 13.1 Å². The molecule has 5 nitrogen and oxygen atoms in total. The second kappa shape index (κ2) is 5.37. The Labute approximate surface area is 103 Å². The van der Waals surface area contributed by atoms with Crippen LogP contribution in [0.3, 0.4) is 0 Å². The second-order valence-corrected chi connectivity index (χ2v) is 5.10. The van der Waals surface area contributed by atoms with Gasteiger partial charge in [-0.05, 0) is 31.8 Å². The number of carbonyl (C=O) groups is 2. The van der Waals surface area contributed by atoms with Crippen molar-refractivity contribution >= 4 is 23.0 Å². The van der Waals surface area contributed by atoms with Crippen LogP contribution < -0.4 is 11.1 Å². The Morgan fingerprint density at radius 3 is 3.00 bits per heavy atom. The Bertz CT molecular complexity index is 424. The summed E-state index contributed by atoms with van der Waals surface area (Å²) in [5.74, 6) is -0.187. The third-order valence-electron chi connectivity index (χ3n) is 2.87. The predicted molar refractivity (Wildman–Crippen MR) is 65.2 cm³/mol. The summed E-state index contributed by atoms with van der Waals surface area (Å²) in [6.07, 6.45) is 2.69. The van der Waals surface area contributed by atoms with Crippen LogP contribution in [0.1, 0.15) is 39.6 Å². The number of amides is 1. The first kappa shape index (κ1) is 12.2. The number of hydrogen-bond acceptors (Lipinski definition) is 5. The molecule has 92 valence electrons. The molecule has 2 rings (SSSR count). The molecule has 0 radical (unpaired) electrons. The van der Waals surface area contributed by atoms with Gasteiger partial charge in [-0.25, -0.2) is 4.98 Å². The molecule has 1 saturated heterocycles. The van der Waals surface area contributed by atoms with E-state index in [-0.39, 0.29) is 11.5 Å². The quantitative estimate of drug-likeness (QED) is 0.778. The summed E-state index contributed by atoms with van der Waals surface area (Å²) in [4.78, 5) is 26.7. The zero-order valence-corrected chi connectivity index (χ0v) is 10.3. The summed E-state index contributed by atoms with van der Waals surface area (Å²) in [5, 5.41) is 5.20. The minimum atomic E-state index is -0.584. The topological polar surface area (TPSA) is 85.1 Å². The van der Waals surface area contributed by atoms with E-state index in [2.05, 4.69) is 10.3 Å². The van der Waals surface area contributed by atoms with E-state index >= 15 is 0 Å². The van der Waals surface area contributed by atoms with Gasteiger partial charge in [0.05, 0.1) is 0 Å². The molecule has 1 fully saturated rings. The Balaban J connectivity index is 1.96. The summed E-state index contributed by atoms with van der Waals surface area (Å²) < 4.78 is 0. The molecular weight excluding hydrogens is 238 g/mol. The van der Waals surface area contributed by atoms with Gasteiger partial charge in [0.1, 0.15) is 5.69 Å². The number of rotatable bonds is 4. The van der Waals surface area contributed by atoms with Crippen LogP contribution in [0.5, 0.6) is 0 Å². The monoisotopic (exact) mass is 253 g/mol. The van der Waals surface area contributed by atoms with Crippen molar-refractivity contribution in [2.45, 2.75) is 19.3 Å². The van der Waals surface area contributed by atoms with Crippen molar-refractivity contribution in [2.24, 2.45) is 11.7 Å². The van der Waals surface area contributed by atoms with Crippen LogP contribution in [0, 0.1) is 5.92 Å². The van der Waals surface area contributed by atoms with Crippen LogP contribution in [-0.2, 0) is 0 Å². The van der Waals surface area contributed by atoms with E-state index in [0.717, 1.165) is 25.9 Å². The average Bonchev–Trinajstić information content (AvgIpc) is 2.79. The number of Topliss-reactive ketones (excluding diaryl/α,β-unsaturated/α-hetero) is 1. The molecule has 17 heavy (non-hydrogen) atoms. The summed E-state index contributed by atoms with van der Waals surface area (Å²) in [6, 6.07) is 0. The number of nitrogens with two attached hydrogens (primary N) is 1. The lowest BCUT2D eigenvalue weighted by molar-refractivity contribution is 0.0953. The fourth-order valence-electron chi connectivity index (χ4n) is 1.96. The molecule has 1 aromatic heterocycles. The molecule has 0 aliphatic carbocycles. The number of hydrogen-bond donors (Lipinski definition) is 2. The Hall–Kier alpha value is -1.27. The highest BCUT2D eigenvalue weighted by molar-refractivity contribution is 7.11. The SMILES string of the molecule is NC(=O)c1csc(C(=O)CC2CCCNC2)n1. The van der Waals surface area contributed by atoms with Gasteiger partial charge in [-0.1, -0.05) is 0 Å². The Morgan fingerprint density at radius 2 is 2.41 bits per heavy atom. The fraction of sp³-hybridized carbons (Fsp3) is 0.545. The van der Waals surface area contributed by atoms with Gasteiger partial charge in [0.15, 0.2) is 10.8 Å². The first-order valence-electron chi connectivity index (χ1n) is 5.66. The Morgan fingerprint density at radius 1 is 1.59 bits per heavy atom. The van der Waals surface area contributed by atoms with Gasteiger partial charge in [-0.15, -0.1) is 11.3 Å². The number of primary amides is 1. The molecule has 0 aromatic carbocycles. The number of nitrogens with one attached hydrogen (secondary N) is 1. The average molecular weight is 253 g/mol. The van der Waals surface area contributed by atoms with E-state index in [0.29, 0.717) is 17.3 Å². The number of nitrogens with zero attached hydrogens (tertiary/aromatic N) is 1. The van der Waals surface area contributed by atoms with Gasteiger partial charge in [0.25, 0.3) is 5.91 Å². The lowest BCUT2D eigenvalue weighted by Crippen LogP contribution is -2.31. The van der Waals surface area contributed by atoms with Crippen LogP contribution >= 0.6 is 11.3 Å². The number of ketones is 1. The molecule has 6 heteroatoms. The molecule has 0 bridgehead atoms. The van der Waals surface area contributed by atoms with Crippen molar-refractivity contribution in [3.05, 3.63) is 16.1 Å². The van der Waals surface area contributed by atoms with Gasteiger partial charge < -0.3 is 11.1 Å². The summed E-state index contributed by atoms with van der Waals surface area (Å²) >= 11 is 1.19. The van der Waals surface area contributed by atoms with E-state index in [1.165, 1.54) is 16.7 Å². The minimum absolute atomic E-state index is 0.0104. The van der Waals surface area contributed by atoms with Crippen molar-refractivity contribution < 1.29 is 9.59 Å². The van der Waals surface area contributed by atoms with Crippen molar-refractivity contribution in [1.82, 2.24) is 10.3 Å². The highest BCUT2D eigenvalue weighted by atomic mass is 32.1. The van der Waals surface area contributed by atoms with Crippen LogP contribution in [-0.4, -0.2) is 29.8 Å². The lowest BCUT2D eigenvalue weighted by atomic mass is 9.94. The van der Waals surface area contributed by atoms with Gasteiger partial charge in [-0.3, -0.25) is 9.59 Å². The zero-order valence-electron chi connectivity index (χ0n) is 9.44. The molecule has 1 unspecified atom stereocenters. The molecule has 1 atom stereocenters. The Kier molecular flexibility index (Phi) is 3.86. The molecule has 0 spiro atoms. The van der Waals surface area contributed by atoms with Gasteiger partial charge >= 0.3 is 0 Å². The molecule has 0 saturated carbocycles. The first-order valence-corrected chi connectivity index (χ1v) is 6.54. The fourth-order valence-corrected chi connectivity index (χ4v) is 2.72. The van der Waals surface area contributed by atoms with E-state index < -0.39 is 5.91 Å². The van der Waals surface area contributed by atoms with Crippen LogP contribution in [0.2, 0.25) is 0 Å². The molecule has 1 aromatic rings. The van der Waals surface area contributed by atoms with Crippen LogP contribution in [0.4, 0.5) is 0 Å². The molecule has 1 amide bonds. The minimum Gasteiger partial charge on any atom is -0.364 e. The normalized spacial score (nSPS) is 20.1. The van der Waals surface area contributed by atoms with Crippen molar-refractivity contribution in [1.29, 1.82) is 0 Å². The zero-order chi connectivity index (χ0) is 12.3. The van der Waals surface area contributed by atoms with Gasteiger partial charge in [-0.2, -0.15) is 0 Å². The molecule has 1 aliphatic heterocycles. The maximum absolute atomic E-state index is 11.9. The van der Waals surface area contributed by atoms with Gasteiger partial charge in [0.2, 0.25) is 0 Å². The van der Waals surface area contributed by atoms with Gasteiger partial charge in [0, 0.05) is 11.8 Å². The van der Waals surface area contributed by atoms with Crippen molar-refractivity contribution in [3.8, 4) is 0 Å². The highest BCUT2D eigenvalue weighted by Crippen LogP contribution is 2.19. The van der Waals surface area contributed by atoms with Crippen LogP contribution in [0.15, 0.2) is 5.38 Å². The molecule has 3 N–H and O–H groups in total. The summed E-state index contributed by atoms with van der Waals surface area (Å²) in [5.41, 5.74) is 5.28. The standard InChI is InChI=1S/C11H15N3O2S/c12-10(16)8-6-17-11(14-8)9(15)4-7-2-1-3-13-5-7/h6-7,13H,1-5H2,(H2,12,16). The summed E-state index contributed by atoms with van der Waals surface area (Å²) in [7, 11) is 0. The van der Waals surface area contributed by atoms with E-state index in [9.17, 15) is 9.59 Å². The molecular formula is C11H15N3O2S. The first-order chi connectivity index (χ1) is 8.16. The smallest absolute Gasteiger partial charge is 0.268 e. The number of carbonyl (C=O) groups excluding carboxylic acids is 2. The van der Waals surface area contributed by atoms with E-state index in [1.807, 2.05) is 0 Å². The van der Waals surface area contributed by atoms with E-state index in [1.54, 1.807) is 0 Å². The lowest BCUT2D eigenvalue weighted by Gasteiger charge is -2.21. The van der Waals surface area contributed by atoms with Crippen molar-refractivity contribution in [3.63, 3.8) is 0 Å². The largest absolute Gasteiger partial charge is 0.364 e. The van der Waals surface area contributed by atoms with E-state index in [4.69, 9.17) is 5.73 Å². The molecule has 2 heterocycles. The number of piperidine rings is 1. The maximum atomic E-state index is 11.9. The number of thiazole rings is 1.